The fourth-order valence-corrected chi connectivity index (χ4v) is 8.12. The zero-order valence-electron chi connectivity index (χ0n) is 33.5. The van der Waals surface area contributed by atoms with Crippen molar-refractivity contribution in [1.29, 1.82) is 0 Å². The van der Waals surface area contributed by atoms with Gasteiger partial charge in [0.25, 0.3) is 0 Å². The third-order valence-corrected chi connectivity index (χ3v) is 11.2. The topological polar surface area (TPSA) is 77.3 Å². The number of nitrogens with zero attached hydrogens (tertiary/aromatic N) is 6. The Morgan fingerprint density at radius 3 is 0.935 bits per heavy atom. The van der Waals surface area contributed by atoms with Crippen LogP contribution >= 0.6 is 0 Å². The molecule has 11 rings (SSSR count). The summed E-state index contributed by atoms with van der Waals surface area (Å²) in [4.78, 5) is 29.9. The van der Waals surface area contributed by atoms with E-state index in [1.807, 2.05) is 91.0 Å². The Morgan fingerprint density at radius 1 is 0.194 bits per heavy atom. The van der Waals surface area contributed by atoms with Crippen LogP contribution in [0.4, 0.5) is 0 Å². The normalized spacial score (nSPS) is 11.2. The highest BCUT2D eigenvalue weighted by atomic mass is 15.0. The first-order chi connectivity index (χ1) is 30.7. The van der Waals surface area contributed by atoms with E-state index in [4.69, 9.17) is 29.9 Å². The van der Waals surface area contributed by atoms with Gasteiger partial charge >= 0.3 is 0 Å². The summed E-state index contributed by atoms with van der Waals surface area (Å²) >= 11 is 0. The van der Waals surface area contributed by atoms with Crippen molar-refractivity contribution in [3.8, 4) is 90.6 Å². The fourth-order valence-electron chi connectivity index (χ4n) is 8.12. The van der Waals surface area contributed by atoms with Crippen molar-refractivity contribution in [3.05, 3.63) is 218 Å². The van der Waals surface area contributed by atoms with E-state index in [0.717, 1.165) is 71.8 Å². The van der Waals surface area contributed by atoms with Crippen LogP contribution in [0.25, 0.3) is 112 Å². The number of hydrogen-bond donors (Lipinski definition) is 0. The van der Waals surface area contributed by atoms with Crippen molar-refractivity contribution in [2.24, 2.45) is 0 Å². The first-order valence-electron chi connectivity index (χ1n) is 20.6. The number of benzene rings is 9. The molecular weight excluding hydrogens is 757 g/mol. The second-order valence-corrected chi connectivity index (χ2v) is 15.1. The highest BCUT2D eigenvalue weighted by Crippen LogP contribution is 2.38. The third-order valence-electron chi connectivity index (χ3n) is 11.2. The van der Waals surface area contributed by atoms with Crippen LogP contribution in [0, 0.1) is 0 Å². The Balaban J connectivity index is 0.964. The van der Waals surface area contributed by atoms with E-state index in [1.165, 1.54) is 5.39 Å². The quantitative estimate of drug-likeness (QED) is 0.152. The minimum absolute atomic E-state index is 0.622. The van der Waals surface area contributed by atoms with Crippen molar-refractivity contribution in [2.75, 3.05) is 0 Å². The molecular formula is C56H36N6. The summed E-state index contributed by atoms with van der Waals surface area (Å²) in [6, 6.07) is 74.9. The third kappa shape index (κ3) is 7.06. The molecule has 0 aliphatic heterocycles. The van der Waals surface area contributed by atoms with Crippen LogP contribution in [0.5, 0.6) is 0 Å². The van der Waals surface area contributed by atoms with E-state index < -0.39 is 0 Å². The summed E-state index contributed by atoms with van der Waals surface area (Å²) in [7, 11) is 0. The lowest BCUT2D eigenvalue weighted by Gasteiger charge is -2.14. The molecule has 2 aromatic heterocycles. The van der Waals surface area contributed by atoms with Gasteiger partial charge in [-0.15, -0.1) is 0 Å². The largest absolute Gasteiger partial charge is 0.208 e. The van der Waals surface area contributed by atoms with Crippen molar-refractivity contribution < 1.29 is 0 Å². The molecule has 0 fully saturated rings. The Bertz CT molecular complexity index is 3300. The number of fused-ring (bicyclic) bond motifs is 2. The SMILES string of the molecule is c1ccc(-c2nc(-c3ccccc3)nc(-c3ccc(-c4cccc5cccc(-c6ccc(-c7nc(-c8ccccc8)nc(-c8cccc9ccccc89)n7)cc6)c45)cc3)n2)cc1. The van der Waals surface area contributed by atoms with E-state index >= 15 is 0 Å². The van der Waals surface area contributed by atoms with Crippen LogP contribution in [0.3, 0.4) is 0 Å². The smallest absolute Gasteiger partial charge is 0.164 e. The van der Waals surface area contributed by atoms with Gasteiger partial charge in [-0.1, -0.05) is 218 Å². The Labute approximate surface area is 359 Å². The standard InChI is InChI=1S/C56H36N6/c1-4-16-41(17-5-1)51-57-52(42-18-6-2-7-19-42)59-54(58-51)44-33-29-38(30-34-44)47-26-13-23-40-24-14-27-48(50(40)47)39-31-35-45(36-32-39)55-60-53(43-20-8-3-9-21-43)61-56(62-55)49-28-12-22-37-15-10-11-25-46(37)49/h1-36H. The lowest BCUT2D eigenvalue weighted by Crippen LogP contribution is -2.00. The van der Waals surface area contributed by atoms with Crippen LogP contribution in [-0.4, -0.2) is 29.9 Å². The molecule has 0 atom stereocenters. The molecule has 9 aromatic carbocycles. The van der Waals surface area contributed by atoms with Gasteiger partial charge in [0.15, 0.2) is 34.9 Å². The molecule has 11 aromatic rings. The monoisotopic (exact) mass is 792 g/mol. The Kier molecular flexibility index (Phi) is 9.41. The summed E-state index contributed by atoms with van der Waals surface area (Å²) in [5.41, 5.74) is 10.1. The van der Waals surface area contributed by atoms with Gasteiger partial charge in [0, 0.05) is 33.4 Å². The zero-order valence-corrected chi connectivity index (χ0v) is 33.5. The molecule has 62 heavy (non-hydrogen) atoms. The first kappa shape index (κ1) is 36.6. The van der Waals surface area contributed by atoms with Crippen molar-refractivity contribution in [3.63, 3.8) is 0 Å². The van der Waals surface area contributed by atoms with E-state index in [9.17, 15) is 0 Å². The molecule has 0 aliphatic rings. The molecule has 0 radical (unpaired) electrons. The summed E-state index contributed by atoms with van der Waals surface area (Å²) in [6.07, 6.45) is 0. The van der Waals surface area contributed by atoms with Gasteiger partial charge in [-0.2, -0.15) is 0 Å². The molecule has 0 saturated heterocycles. The molecule has 0 unspecified atom stereocenters. The van der Waals surface area contributed by atoms with Gasteiger partial charge in [-0.05, 0) is 43.8 Å². The molecule has 0 N–H and O–H groups in total. The van der Waals surface area contributed by atoms with Crippen LogP contribution in [0.15, 0.2) is 218 Å². The molecule has 0 bridgehead atoms. The van der Waals surface area contributed by atoms with E-state index in [1.54, 1.807) is 0 Å². The second kappa shape index (κ2) is 15.9. The highest BCUT2D eigenvalue weighted by molar-refractivity contribution is 6.06. The molecule has 0 aliphatic carbocycles. The first-order valence-corrected chi connectivity index (χ1v) is 20.6. The predicted octanol–water partition coefficient (Wildman–Crippen LogP) is 13.7. The van der Waals surface area contributed by atoms with Crippen LogP contribution in [-0.2, 0) is 0 Å². The lowest BCUT2D eigenvalue weighted by atomic mass is 9.91. The maximum absolute atomic E-state index is 5.09. The Morgan fingerprint density at radius 2 is 0.500 bits per heavy atom. The van der Waals surface area contributed by atoms with Gasteiger partial charge in [0.2, 0.25) is 0 Å². The van der Waals surface area contributed by atoms with Crippen molar-refractivity contribution in [1.82, 2.24) is 29.9 Å². The average molecular weight is 793 g/mol. The van der Waals surface area contributed by atoms with Crippen LogP contribution < -0.4 is 0 Å². The second-order valence-electron chi connectivity index (χ2n) is 15.1. The number of hydrogen-bond acceptors (Lipinski definition) is 6. The van der Waals surface area contributed by atoms with Gasteiger partial charge in [0.05, 0.1) is 0 Å². The van der Waals surface area contributed by atoms with Crippen LogP contribution in [0.1, 0.15) is 0 Å². The average Bonchev–Trinajstić information content (AvgIpc) is 3.36. The molecule has 290 valence electrons. The highest BCUT2D eigenvalue weighted by Gasteiger charge is 2.17. The fraction of sp³-hybridized carbons (Fsp3) is 0. The summed E-state index contributed by atoms with van der Waals surface area (Å²) in [5.74, 6) is 3.80. The molecule has 6 heteroatoms. The predicted molar refractivity (Wildman–Crippen MR) is 252 cm³/mol. The maximum atomic E-state index is 5.09. The van der Waals surface area contributed by atoms with Crippen LogP contribution in [0.2, 0.25) is 0 Å². The number of rotatable bonds is 8. The molecule has 0 spiro atoms. The van der Waals surface area contributed by atoms with Gasteiger partial charge < -0.3 is 0 Å². The minimum atomic E-state index is 0.622. The Hall–Kier alpha value is -8.48. The molecule has 6 nitrogen and oxygen atoms in total. The zero-order chi connectivity index (χ0) is 41.2. The lowest BCUT2D eigenvalue weighted by molar-refractivity contribution is 1.07. The van der Waals surface area contributed by atoms with E-state index in [2.05, 4.69) is 127 Å². The molecule has 0 amide bonds. The van der Waals surface area contributed by atoms with Crippen molar-refractivity contribution in [2.45, 2.75) is 0 Å². The van der Waals surface area contributed by atoms with Gasteiger partial charge in [-0.25, -0.2) is 29.9 Å². The van der Waals surface area contributed by atoms with Gasteiger partial charge in [-0.3, -0.25) is 0 Å². The summed E-state index contributed by atoms with van der Waals surface area (Å²) in [5, 5.41) is 4.58. The maximum Gasteiger partial charge on any atom is 0.164 e. The van der Waals surface area contributed by atoms with Gasteiger partial charge in [0.1, 0.15) is 0 Å². The summed E-state index contributed by atoms with van der Waals surface area (Å²) < 4.78 is 0. The van der Waals surface area contributed by atoms with Crippen molar-refractivity contribution >= 4 is 21.5 Å². The van der Waals surface area contributed by atoms with E-state index in [-0.39, 0.29) is 0 Å². The number of aromatic nitrogens is 6. The van der Waals surface area contributed by atoms with E-state index in [0.29, 0.717) is 34.9 Å². The molecule has 0 saturated carbocycles. The minimum Gasteiger partial charge on any atom is -0.208 e. The summed E-state index contributed by atoms with van der Waals surface area (Å²) in [6.45, 7) is 0. The molecule has 2 heterocycles.